The van der Waals surface area contributed by atoms with Crippen LogP contribution in [-0.2, 0) is 0 Å². The second-order valence-corrected chi connectivity index (χ2v) is 5.08. The van der Waals surface area contributed by atoms with Crippen molar-refractivity contribution in [2.75, 3.05) is 21.3 Å². The first-order valence-electron chi connectivity index (χ1n) is 7.39. The summed E-state index contributed by atoms with van der Waals surface area (Å²) in [6, 6.07) is 3.29. The number of hydrogen-bond acceptors (Lipinski definition) is 4. The van der Waals surface area contributed by atoms with Gasteiger partial charge in [0.2, 0.25) is 5.75 Å². The van der Waals surface area contributed by atoms with Gasteiger partial charge in [0.1, 0.15) is 0 Å². The molecule has 1 heterocycles. The number of aryl methyl sites for hydroxylation is 1. The number of ketones is 1. The van der Waals surface area contributed by atoms with E-state index in [2.05, 4.69) is 11.6 Å². The summed E-state index contributed by atoms with van der Waals surface area (Å²) in [7, 11) is 4.56. The number of allylic oxidation sites excluding steroid dienone is 2. The normalized spacial score (nSPS) is 10.7. The smallest absolute Gasteiger partial charge is 0.203 e. The number of aromatic amines is 1. The fourth-order valence-corrected chi connectivity index (χ4v) is 2.47. The van der Waals surface area contributed by atoms with Crippen molar-refractivity contribution in [3.05, 3.63) is 59.4 Å². The monoisotopic (exact) mass is 327 g/mol. The molecular weight excluding hydrogens is 306 g/mol. The van der Waals surface area contributed by atoms with E-state index in [9.17, 15) is 4.79 Å². The molecule has 1 aromatic carbocycles. The Balaban J connectivity index is 2.55. The second-order valence-electron chi connectivity index (χ2n) is 5.08. The summed E-state index contributed by atoms with van der Waals surface area (Å²) in [5.41, 5.74) is 2.76. The van der Waals surface area contributed by atoms with Gasteiger partial charge < -0.3 is 19.2 Å². The Labute approximate surface area is 141 Å². The van der Waals surface area contributed by atoms with Gasteiger partial charge in [0.15, 0.2) is 17.3 Å². The van der Waals surface area contributed by atoms with E-state index in [1.807, 2.05) is 13.0 Å². The fourth-order valence-electron chi connectivity index (χ4n) is 2.47. The summed E-state index contributed by atoms with van der Waals surface area (Å²) >= 11 is 0. The number of methoxy groups -OCH3 is 3. The molecule has 126 valence electrons. The van der Waals surface area contributed by atoms with Crippen LogP contribution in [0.15, 0.2) is 37.1 Å². The largest absolute Gasteiger partial charge is 0.493 e. The van der Waals surface area contributed by atoms with Crippen molar-refractivity contribution < 1.29 is 19.0 Å². The highest BCUT2D eigenvalue weighted by Gasteiger charge is 2.20. The molecule has 0 spiro atoms. The lowest BCUT2D eigenvalue weighted by Gasteiger charge is -2.13. The van der Waals surface area contributed by atoms with E-state index < -0.39 is 0 Å². The molecule has 0 aliphatic heterocycles. The van der Waals surface area contributed by atoms with Crippen LogP contribution in [0.3, 0.4) is 0 Å². The number of ether oxygens (including phenoxy) is 3. The van der Waals surface area contributed by atoms with Gasteiger partial charge in [0, 0.05) is 28.6 Å². The molecule has 0 saturated heterocycles. The first kappa shape index (κ1) is 17.4. The molecule has 0 atom stereocenters. The Kier molecular flexibility index (Phi) is 5.47. The first-order valence-corrected chi connectivity index (χ1v) is 7.39. The molecule has 0 radical (unpaired) electrons. The molecule has 2 aromatic rings. The van der Waals surface area contributed by atoms with Gasteiger partial charge in [0.25, 0.3) is 0 Å². The molecule has 2 rings (SSSR count). The fraction of sp³-hybridized carbons (Fsp3) is 0.211. The number of carbonyl (C=O) groups excluding carboxylic acids is 1. The van der Waals surface area contributed by atoms with Crippen molar-refractivity contribution in [3.8, 4) is 17.2 Å². The van der Waals surface area contributed by atoms with Crippen LogP contribution in [0.4, 0.5) is 0 Å². The maximum Gasteiger partial charge on any atom is 0.203 e. The summed E-state index contributed by atoms with van der Waals surface area (Å²) in [6.07, 6.45) is 7.01. The third kappa shape index (κ3) is 3.20. The van der Waals surface area contributed by atoms with Crippen LogP contribution in [0.1, 0.15) is 27.2 Å². The minimum Gasteiger partial charge on any atom is -0.493 e. The number of aromatic nitrogens is 1. The highest BCUT2D eigenvalue weighted by molar-refractivity contribution is 6.11. The lowest BCUT2D eigenvalue weighted by atomic mass is 10.00. The standard InChI is InChI=1S/C19H21NO4/c1-6-7-8-14-12(2)20-11-15(14)18(21)13-9-16(22-3)19(24-5)17(10-13)23-4/h6-11,20H,1H2,2-5H3/b8-7-. The van der Waals surface area contributed by atoms with Gasteiger partial charge in [-0.05, 0) is 19.1 Å². The summed E-state index contributed by atoms with van der Waals surface area (Å²) in [5, 5.41) is 0. The molecule has 5 heteroatoms. The van der Waals surface area contributed by atoms with Crippen LogP contribution in [0.5, 0.6) is 17.2 Å². The molecular formula is C19H21NO4. The van der Waals surface area contributed by atoms with Gasteiger partial charge in [-0.2, -0.15) is 0 Å². The van der Waals surface area contributed by atoms with E-state index in [1.54, 1.807) is 30.5 Å². The minimum atomic E-state index is -0.137. The molecule has 1 aromatic heterocycles. The minimum absolute atomic E-state index is 0.137. The van der Waals surface area contributed by atoms with Gasteiger partial charge in [0.05, 0.1) is 21.3 Å². The Hall–Kier alpha value is -2.95. The van der Waals surface area contributed by atoms with Crippen LogP contribution in [0.2, 0.25) is 0 Å². The van der Waals surface area contributed by atoms with Crippen molar-refractivity contribution in [1.82, 2.24) is 4.98 Å². The lowest BCUT2D eigenvalue weighted by molar-refractivity contribution is 0.103. The third-order valence-electron chi connectivity index (χ3n) is 3.70. The van der Waals surface area contributed by atoms with Crippen LogP contribution in [0, 0.1) is 6.92 Å². The Morgan fingerprint density at radius 3 is 2.25 bits per heavy atom. The summed E-state index contributed by atoms with van der Waals surface area (Å²) in [6.45, 7) is 5.57. The van der Waals surface area contributed by atoms with Crippen molar-refractivity contribution in [2.45, 2.75) is 6.92 Å². The first-order chi connectivity index (χ1) is 11.6. The van der Waals surface area contributed by atoms with E-state index in [1.165, 1.54) is 21.3 Å². The van der Waals surface area contributed by atoms with Crippen LogP contribution < -0.4 is 14.2 Å². The molecule has 24 heavy (non-hydrogen) atoms. The molecule has 0 amide bonds. The van der Waals surface area contributed by atoms with Gasteiger partial charge in [-0.25, -0.2) is 0 Å². The predicted molar refractivity (Wildman–Crippen MR) is 94.3 cm³/mol. The third-order valence-corrected chi connectivity index (χ3v) is 3.70. The van der Waals surface area contributed by atoms with E-state index in [0.717, 1.165) is 11.3 Å². The molecule has 0 bridgehead atoms. The number of H-pyrrole nitrogens is 1. The molecule has 0 fully saturated rings. The molecule has 5 nitrogen and oxygen atoms in total. The summed E-state index contributed by atoms with van der Waals surface area (Å²) in [4.78, 5) is 16.0. The number of hydrogen-bond donors (Lipinski definition) is 1. The van der Waals surface area contributed by atoms with E-state index in [0.29, 0.717) is 28.4 Å². The number of benzene rings is 1. The van der Waals surface area contributed by atoms with Crippen LogP contribution in [-0.4, -0.2) is 32.1 Å². The summed E-state index contributed by atoms with van der Waals surface area (Å²) in [5.74, 6) is 1.20. The van der Waals surface area contributed by atoms with Gasteiger partial charge in [-0.15, -0.1) is 0 Å². The summed E-state index contributed by atoms with van der Waals surface area (Å²) < 4.78 is 15.9. The Bertz CT molecular complexity index is 762. The Morgan fingerprint density at radius 1 is 1.12 bits per heavy atom. The van der Waals surface area contributed by atoms with E-state index in [-0.39, 0.29) is 5.78 Å². The van der Waals surface area contributed by atoms with E-state index in [4.69, 9.17) is 14.2 Å². The van der Waals surface area contributed by atoms with Crippen LogP contribution >= 0.6 is 0 Å². The molecule has 0 saturated carbocycles. The highest BCUT2D eigenvalue weighted by Crippen LogP contribution is 2.39. The number of carbonyl (C=O) groups is 1. The molecule has 1 N–H and O–H groups in total. The second kappa shape index (κ2) is 7.55. The quantitative estimate of drug-likeness (QED) is 0.621. The zero-order valence-electron chi connectivity index (χ0n) is 14.3. The SMILES string of the molecule is C=C/C=C\c1c(C(=O)c2cc(OC)c(OC)c(OC)c2)c[nH]c1C. The van der Waals surface area contributed by atoms with Gasteiger partial charge in [-0.1, -0.05) is 24.8 Å². The molecule has 0 aliphatic rings. The van der Waals surface area contributed by atoms with E-state index >= 15 is 0 Å². The topological polar surface area (TPSA) is 60.6 Å². The van der Waals surface area contributed by atoms with Gasteiger partial charge >= 0.3 is 0 Å². The van der Waals surface area contributed by atoms with Crippen molar-refractivity contribution in [1.29, 1.82) is 0 Å². The van der Waals surface area contributed by atoms with Crippen molar-refractivity contribution >= 4 is 11.9 Å². The van der Waals surface area contributed by atoms with Crippen molar-refractivity contribution in [2.24, 2.45) is 0 Å². The van der Waals surface area contributed by atoms with Gasteiger partial charge in [-0.3, -0.25) is 4.79 Å². The maximum atomic E-state index is 12.9. The lowest BCUT2D eigenvalue weighted by Crippen LogP contribution is -2.04. The average molecular weight is 327 g/mol. The highest BCUT2D eigenvalue weighted by atomic mass is 16.5. The average Bonchev–Trinajstić information content (AvgIpc) is 2.98. The number of nitrogens with one attached hydrogen (secondary N) is 1. The van der Waals surface area contributed by atoms with Crippen molar-refractivity contribution in [3.63, 3.8) is 0 Å². The maximum absolute atomic E-state index is 12.9. The van der Waals surface area contributed by atoms with Crippen LogP contribution in [0.25, 0.3) is 6.08 Å². The predicted octanol–water partition coefficient (Wildman–Crippen LogP) is 3.78. The molecule has 0 aliphatic carbocycles. The zero-order chi connectivity index (χ0) is 17.7. The molecule has 0 unspecified atom stereocenters. The number of rotatable bonds is 7. The zero-order valence-corrected chi connectivity index (χ0v) is 14.3. The Morgan fingerprint density at radius 2 is 1.75 bits per heavy atom.